The molecule has 1 fully saturated rings. The summed E-state index contributed by atoms with van der Waals surface area (Å²) in [7, 11) is 0. The van der Waals surface area contributed by atoms with E-state index in [0.717, 1.165) is 23.3 Å². The topological polar surface area (TPSA) is 122 Å². The van der Waals surface area contributed by atoms with Crippen molar-refractivity contribution in [2.24, 2.45) is 5.73 Å². The van der Waals surface area contributed by atoms with Gasteiger partial charge in [0.2, 0.25) is 11.8 Å². The molecule has 0 bridgehead atoms. The van der Waals surface area contributed by atoms with Crippen molar-refractivity contribution in [3.05, 3.63) is 34.9 Å². The van der Waals surface area contributed by atoms with Gasteiger partial charge in [0.05, 0.1) is 11.1 Å². The van der Waals surface area contributed by atoms with Crippen LogP contribution in [0.3, 0.4) is 0 Å². The number of piperidine rings is 1. The van der Waals surface area contributed by atoms with Crippen molar-refractivity contribution in [2.75, 3.05) is 6.54 Å². The normalized spacial score (nSPS) is 21.5. The van der Waals surface area contributed by atoms with Gasteiger partial charge in [0.25, 0.3) is 11.8 Å². The number of fused-ring (bicyclic) bond motifs is 1. The van der Waals surface area contributed by atoms with Crippen LogP contribution in [-0.4, -0.2) is 46.7 Å². The molecule has 0 saturated carbocycles. The van der Waals surface area contributed by atoms with Crippen molar-refractivity contribution in [1.29, 1.82) is 0 Å². The maximum atomic E-state index is 12.8. The van der Waals surface area contributed by atoms with Crippen LogP contribution in [0.25, 0.3) is 0 Å². The minimum Gasteiger partial charge on any atom is -0.330 e. The molecule has 4 N–H and O–H groups in total. The minimum absolute atomic E-state index is 0.105. The zero-order chi connectivity index (χ0) is 20.5. The minimum atomic E-state index is -0.945. The molecular formula is C20H26N4O4. The summed E-state index contributed by atoms with van der Waals surface area (Å²) in [6.07, 6.45) is 2.00. The molecule has 2 atom stereocenters. The molecule has 28 heavy (non-hydrogen) atoms. The van der Waals surface area contributed by atoms with Crippen molar-refractivity contribution in [3.8, 4) is 0 Å². The standard InChI is InChI=1S/C20H26N4O4/c1-3-20(2,8-9-21)22-11-12-4-5-13-14(10-12)19(28)24(18(13)27)15-6-7-16(25)23-17(15)26/h4-5,10,15,22H,3,6-9,11,21H2,1-2H3,(H,23,25,26). The van der Waals surface area contributed by atoms with E-state index in [1.165, 1.54) is 0 Å². The van der Waals surface area contributed by atoms with Crippen LogP contribution in [0.4, 0.5) is 0 Å². The van der Waals surface area contributed by atoms with Crippen LogP contribution in [0.15, 0.2) is 18.2 Å². The fraction of sp³-hybridized carbons (Fsp3) is 0.500. The molecule has 1 aromatic carbocycles. The Kier molecular flexibility index (Phi) is 5.62. The Morgan fingerprint density at radius 1 is 1.21 bits per heavy atom. The largest absolute Gasteiger partial charge is 0.330 e. The van der Waals surface area contributed by atoms with Gasteiger partial charge >= 0.3 is 0 Å². The molecule has 0 aromatic heterocycles. The first-order valence-electron chi connectivity index (χ1n) is 9.59. The molecule has 8 heteroatoms. The SMILES string of the molecule is CCC(C)(CCN)NCc1ccc2c(c1)C(=O)N(C1CCC(=O)NC1=O)C2=O. The highest BCUT2D eigenvalue weighted by molar-refractivity contribution is 6.23. The summed E-state index contributed by atoms with van der Waals surface area (Å²) in [6, 6.07) is 4.20. The zero-order valence-corrected chi connectivity index (χ0v) is 16.2. The quantitative estimate of drug-likeness (QED) is 0.593. The second-order valence-corrected chi connectivity index (χ2v) is 7.63. The van der Waals surface area contributed by atoms with Crippen LogP contribution in [0.2, 0.25) is 0 Å². The summed E-state index contributed by atoms with van der Waals surface area (Å²) in [5.74, 6) is -1.97. The van der Waals surface area contributed by atoms with Gasteiger partial charge < -0.3 is 11.1 Å². The van der Waals surface area contributed by atoms with Gasteiger partial charge in [0.15, 0.2) is 0 Å². The molecule has 1 aromatic rings. The summed E-state index contributed by atoms with van der Waals surface area (Å²) in [6.45, 7) is 5.31. The van der Waals surface area contributed by atoms with Crippen molar-refractivity contribution in [1.82, 2.24) is 15.5 Å². The van der Waals surface area contributed by atoms with E-state index >= 15 is 0 Å². The monoisotopic (exact) mass is 386 g/mol. The molecule has 0 spiro atoms. The average molecular weight is 386 g/mol. The first kappa shape index (κ1) is 20.2. The highest BCUT2D eigenvalue weighted by Crippen LogP contribution is 2.28. The van der Waals surface area contributed by atoms with Crippen LogP contribution < -0.4 is 16.4 Å². The van der Waals surface area contributed by atoms with Gasteiger partial charge in [-0.2, -0.15) is 0 Å². The predicted octanol–water partition coefficient (Wildman–Crippen LogP) is 0.695. The Balaban J connectivity index is 1.78. The third-order valence-electron chi connectivity index (χ3n) is 5.70. The maximum absolute atomic E-state index is 12.8. The maximum Gasteiger partial charge on any atom is 0.262 e. The van der Waals surface area contributed by atoms with E-state index in [1.54, 1.807) is 12.1 Å². The number of hydrogen-bond donors (Lipinski definition) is 3. The lowest BCUT2D eigenvalue weighted by atomic mass is 9.94. The van der Waals surface area contributed by atoms with E-state index in [-0.39, 0.29) is 24.3 Å². The Morgan fingerprint density at radius 2 is 1.93 bits per heavy atom. The van der Waals surface area contributed by atoms with E-state index < -0.39 is 23.8 Å². The number of carbonyl (C=O) groups is 4. The highest BCUT2D eigenvalue weighted by Gasteiger charge is 2.44. The third kappa shape index (κ3) is 3.70. The van der Waals surface area contributed by atoms with E-state index in [9.17, 15) is 19.2 Å². The predicted molar refractivity (Wildman–Crippen MR) is 102 cm³/mol. The molecular weight excluding hydrogens is 360 g/mol. The van der Waals surface area contributed by atoms with E-state index in [0.29, 0.717) is 24.2 Å². The molecule has 4 amide bonds. The molecule has 3 rings (SSSR count). The molecule has 2 aliphatic heterocycles. The van der Waals surface area contributed by atoms with Crippen molar-refractivity contribution >= 4 is 23.6 Å². The van der Waals surface area contributed by atoms with Crippen molar-refractivity contribution < 1.29 is 19.2 Å². The molecule has 0 aliphatic carbocycles. The van der Waals surface area contributed by atoms with Crippen molar-refractivity contribution in [2.45, 2.75) is 57.7 Å². The average Bonchev–Trinajstić information content (AvgIpc) is 2.91. The van der Waals surface area contributed by atoms with E-state index in [1.807, 2.05) is 6.07 Å². The Hall–Kier alpha value is -2.58. The zero-order valence-electron chi connectivity index (χ0n) is 16.2. The van der Waals surface area contributed by atoms with Crippen LogP contribution in [0, 0.1) is 0 Å². The van der Waals surface area contributed by atoms with E-state index in [4.69, 9.17) is 5.73 Å². The fourth-order valence-corrected chi connectivity index (χ4v) is 3.65. The van der Waals surface area contributed by atoms with Crippen LogP contribution in [0.1, 0.15) is 65.8 Å². The number of carbonyl (C=O) groups excluding carboxylic acids is 4. The molecule has 8 nitrogen and oxygen atoms in total. The van der Waals surface area contributed by atoms with Gasteiger partial charge in [0.1, 0.15) is 6.04 Å². The number of benzene rings is 1. The first-order valence-corrected chi connectivity index (χ1v) is 9.59. The fourth-order valence-electron chi connectivity index (χ4n) is 3.65. The number of nitrogens with one attached hydrogen (secondary N) is 2. The number of hydrogen-bond acceptors (Lipinski definition) is 6. The van der Waals surface area contributed by atoms with Gasteiger partial charge in [-0.25, -0.2) is 0 Å². The summed E-state index contributed by atoms with van der Waals surface area (Å²) >= 11 is 0. The molecule has 0 radical (unpaired) electrons. The second kappa shape index (κ2) is 7.81. The smallest absolute Gasteiger partial charge is 0.262 e. The lowest BCUT2D eigenvalue weighted by Gasteiger charge is -2.29. The van der Waals surface area contributed by atoms with Gasteiger partial charge in [-0.3, -0.25) is 29.4 Å². The lowest BCUT2D eigenvalue weighted by molar-refractivity contribution is -0.136. The molecule has 150 valence electrons. The van der Waals surface area contributed by atoms with Gasteiger partial charge in [-0.1, -0.05) is 13.0 Å². The van der Waals surface area contributed by atoms with Gasteiger partial charge in [0, 0.05) is 18.5 Å². The summed E-state index contributed by atoms with van der Waals surface area (Å²) in [5, 5.41) is 5.67. The number of amides is 4. The molecule has 2 unspecified atom stereocenters. The summed E-state index contributed by atoms with van der Waals surface area (Å²) in [5.41, 5.74) is 7.05. The Labute approximate surface area is 163 Å². The second-order valence-electron chi connectivity index (χ2n) is 7.63. The Bertz CT molecular complexity index is 837. The van der Waals surface area contributed by atoms with Gasteiger partial charge in [-0.05, 0) is 50.4 Å². The van der Waals surface area contributed by atoms with Crippen LogP contribution >= 0.6 is 0 Å². The molecule has 2 heterocycles. The van der Waals surface area contributed by atoms with Crippen LogP contribution in [0.5, 0.6) is 0 Å². The molecule has 1 saturated heterocycles. The lowest BCUT2D eigenvalue weighted by Crippen LogP contribution is -2.54. The van der Waals surface area contributed by atoms with Gasteiger partial charge in [-0.15, -0.1) is 0 Å². The number of nitrogens with zero attached hydrogens (tertiary/aromatic N) is 1. The highest BCUT2D eigenvalue weighted by atomic mass is 16.2. The third-order valence-corrected chi connectivity index (χ3v) is 5.70. The van der Waals surface area contributed by atoms with Crippen molar-refractivity contribution in [3.63, 3.8) is 0 Å². The van der Waals surface area contributed by atoms with Crippen LogP contribution in [-0.2, 0) is 16.1 Å². The summed E-state index contributed by atoms with van der Waals surface area (Å²) < 4.78 is 0. The first-order chi connectivity index (χ1) is 13.3. The number of rotatable bonds is 7. The number of imide groups is 2. The Morgan fingerprint density at radius 3 is 2.57 bits per heavy atom. The summed E-state index contributed by atoms with van der Waals surface area (Å²) in [4.78, 5) is 50.0. The van der Waals surface area contributed by atoms with E-state index in [2.05, 4.69) is 24.5 Å². The number of nitrogens with two attached hydrogens (primary N) is 1. The molecule has 2 aliphatic rings.